The lowest BCUT2D eigenvalue weighted by atomic mass is 10.1. The summed E-state index contributed by atoms with van der Waals surface area (Å²) in [5, 5.41) is 9.86. The third-order valence-corrected chi connectivity index (χ3v) is 5.64. The normalized spacial score (nSPS) is 11.4. The van der Waals surface area contributed by atoms with Crippen molar-refractivity contribution >= 4 is 27.2 Å². The highest BCUT2D eigenvalue weighted by molar-refractivity contribution is 7.92. The number of sulfonamides is 1. The molecule has 2 aromatic heterocycles. The van der Waals surface area contributed by atoms with Crippen LogP contribution in [-0.4, -0.2) is 23.6 Å². The standard InChI is InChI=1S/C18H21N5O2S/c1-11-5-6-12(2)16(9-11)20-17-8-7-15(10-19-17)23-26(24,25)18-13(3)21-22-14(18)4/h5-10,23H,1-4H3,(H,19,20)(H,21,22). The summed E-state index contributed by atoms with van der Waals surface area (Å²) in [6, 6.07) is 9.52. The van der Waals surface area contributed by atoms with Gasteiger partial charge in [0.2, 0.25) is 0 Å². The van der Waals surface area contributed by atoms with Crippen LogP contribution in [0.4, 0.5) is 17.2 Å². The summed E-state index contributed by atoms with van der Waals surface area (Å²) in [4.78, 5) is 4.46. The predicted molar refractivity (Wildman–Crippen MR) is 102 cm³/mol. The number of benzene rings is 1. The molecule has 7 nitrogen and oxygen atoms in total. The summed E-state index contributed by atoms with van der Waals surface area (Å²) in [7, 11) is -3.72. The lowest BCUT2D eigenvalue weighted by molar-refractivity contribution is 0.600. The number of aromatic amines is 1. The molecule has 0 atom stereocenters. The zero-order valence-electron chi connectivity index (χ0n) is 15.1. The first-order valence-corrected chi connectivity index (χ1v) is 9.59. The molecule has 0 radical (unpaired) electrons. The van der Waals surface area contributed by atoms with Crippen molar-refractivity contribution in [2.45, 2.75) is 32.6 Å². The molecule has 1 aromatic carbocycles. The molecular formula is C18H21N5O2S. The van der Waals surface area contributed by atoms with E-state index in [1.807, 2.05) is 32.0 Å². The van der Waals surface area contributed by atoms with E-state index >= 15 is 0 Å². The fourth-order valence-corrected chi connectivity index (χ4v) is 4.10. The average molecular weight is 371 g/mol. The molecule has 8 heteroatoms. The highest BCUT2D eigenvalue weighted by atomic mass is 32.2. The predicted octanol–water partition coefficient (Wildman–Crippen LogP) is 3.58. The number of aryl methyl sites for hydroxylation is 4. The molecule has 26 heavy (non-hydrogen) atoms. The molecule has 3 N–H and O–H groups in total. The number of aromatic nitrogens is 3. The minimum absolute atomic E-state index is 0.162. The van der Waals surface area contributed by atoms with Crippen LogP contribution < -0.4 is 10.0 Å². The van der Waals surface area contributed by atoms with Crippen molar-refractivity contribution in [1.82, 2.24) is 15.2 Å². The van der Waals surface area contributed by atoms with E-state index in [1.165, 1.54) is 6.20 Å². The Morgan fingerprint density at radius 1 is 1.04 bits per heavy atom. The number of nitrogens with zero attached hydrogens (tertiary/aromatic N) is 2. The molecular weight excluding hydrogens is 350 g/mol. The topological polar surface area (TPSA) is 99.8 Å². The van der Waals surface area contributed by atoms with Crippen molar-refractivity contribution in [3.05, 3.63) is 59.0 Å². The van der Waals surface area contributed by atoms with Crippen LogP contribution in [0.25, 0.3) is 0 Å². The van der Waals surface area contributed by atoms with Crippen LogP contribution in [0.5, 0.6) is 0 Å². The number of H-pyrrole nitrogens is 1. The zero-order chi connectivity index (χ0) is 18.9. The van der Waals surface area contributed by atoms with Gasteiger partial charge in [0.15, 0.2) is 0 Å². The first-order chi connectivity index (χ1) is 12.3. The summed E-state index contributed by atoms with van der Waals surface area (Å²) in [5.74, 6) is 0.636. The summed E-state index contributed by atoms with van der Waals surface area (Å²) in [6.45, 7) is 7.35. The Kier molecular flexibility index (Phi) is 4.69. The van der Waals surface area contributed by atoms with E-state index in [4.69, 9.17) is 0 Å². The Morgan fingerprint density at radius 3 is 2.42 bits per heavy atom. The highest BCUT2D eigenvalue weighted by Gasteiger charge is 2.22. The number of nitrogens with one attached hydrogen (secondary N) is 3. The maximum atomic E-state index is 12.5. The number of rotatable bonds is 5. The average Bonchev–Trinajstić information content (AvgIpc) is 2.92. The van der Waals surface area contributed by atoms with Gasteiger partial charge in [0.05, 0.1) is 23.3 Å². The zero-order valence-corrected chi connectivity index (χ0v) is 15.9. The Bertz CT molecular complexity index is 1020. The molecule has 0 unspecified atom stereocenters. The summed E-state index contributed by atoms with van der Waals surface area (Å²) < 4.78 is 27.6. The van der Waals surface area contributed by atoms with E-state index < -0.39 is 10.0 Å². The van der Waals surface area contributed by atoms with Gasteiger partial charge < -0.3 is 5.32 Å². The quantitative estimate of drug-likeness (QED) is 0.636. The van der Waals surface area contributed by atoms with E-state index in [-0.39, 0.29) is 4.90 Å². The highest BCUT2D eigenvalue weighted by Crippen LogP contribution is 2.23. The molecule has 0 bridgehead atoms. The first kappa shape index (κ1) is 17.9. The third-order valence-electron chi connectivity index (χ3n) is 4.00. The lowest BCUT2D eigenvalue weighted by Gasteiger charge is -2.11. The van der Waals surface area contributed by atoms with Crippen molar-refractivity contribution in [2.24, 2.45) is 0 Å². The number of hydrogen-bond donors (Lipinski definition) is 3. The fourth-order valence-electron chi connectivity index (χ4n) is 2.68. The molecule has 0 spiro atoms. The maximum Gasteiger partial charge on any atom is 0.265 e. The van der Waals surface area contributed by atoms with Crippen LogP contribution in [0, 0.1) is 27.7 Å². The van der Waals surface area contributed by atoms with Gasteiger partial charge in [-0.3, -0.25) is 9.82 Å². The number of hydrogen-bond acceptors (Lipinski definition) is 5. The number of pyridine rings is 1. The fraction of sp³-hybridized carbons (Fsp3) is 0.222. The van der Waals surface area contributed by atoms with Gasteiger partial charge in [-0.1, -0.05) is 12.1 Å². The second-order valence-electron chi connectivity index (χ2n) is 6.24. The van der Waals surface area contributed by atoms with Gasteiger partial charge >= 0.3 is 0 Å². The second kappa shape index (κ2) is 6.80. The maximum absolute atomic E-state index is 12.5. The molecule has 0 amide bonds. The summed E-state index contributed by atoms with van der Waals surface area (Å²) in [6.07, 6.45) is 1.48. The van der Waals surface area contributed by atoms with Crippen molar-refractivity contribution in [2.75, 3.05) is 10.0 Å². The van der Waals surface area contributed by atoms with Crippen LogP contribution in [0.3, 0.4) is 0 Å². The van der Waals surface area contributed by atoms with Crippen LogP contribution >= 0.6 is 0 Å². The van der Waals surface area contributed by atoms with Gasteiger partial charge in [-0.05, 0) is 57.0 Å². The molecule has 3 rings (SSSR count). The molecule has 136 valence electrons. The Balaban J connectivity index is 1.79. The van der Waals surface area contributed by atoms with E-state index in [2.05, 4.69) is 25.2 Å². The van der Waals surface area contributed by atoms with Gasteiger partial charge in [0.25, 0.3) is 10.0 Å². The van der Waals surface area contributed by atoms with E-state index in [9.17, 15) is 8.42 Å². The molecule has 2 heterocycles. The van der Waals surface area contributed by atoms with E-state index in [0.717, 1.165) is 16.8 Å². The molecule has 0 aliphatic rings. The molecule has 3 aromatic rings. The van der Waals surface area contributed by atoms with Gasteiger partial charge in [0, 0.05) is 5.69 Å². The molecule has 0 aliphatic heterocycles. The summed E-state index contributed by atoms with van der Waals surface area (Å²) in [5.41, 5.74) is 4.53. The lowest BCUT2D eigenvalue weighted by Crippen LogP contribution is -2.14. The van der Waals surface area contributed by atoms with Gasteiger partial charge in [-0.15, -0.1) is 0 Å². The SMILES string of the molecule is Cc1ccc(C)c(Nc2ccc(NS(=O)(=O)c3c(C)n[nH]c3C)cn2)c1. The summed E-state index contributed by atoms with van der Waals surface area (Å²) >= 11 is 0. The first-order valence-electron chi connectivity index (χ1n) is 8.11. The number of anilines is 3. The van der Waals surface area contributed by atoms with Crippen LogP contribution in [-0.2, 0) is 10.0 Å². The Labute approximate surface area is 152 Å². The van der Waals surface area contributed by atoms with Gasteiger partial charge in [-0.25, -0.2) is 13.4 Å². The molecule has 0 aliphatic carbocycles. The smallest absolute Gasteiger partial charge is 0.265 e. The van der Waals surface area contributed by atoms with Crippen molar-refractivity contribution in [3.8, 4) is 0 Å². The second-order valence-corrected chi connectivity index (χ2v) is 7.86. The monoisotopic (exact) mass is 371 g/mol. The molecule has 0 fully saturated rings. The minimum atomic E-state index is -3.72. The van der Waals surface area contributed by atoms with Crippen LogP contribution in [0.1, 0.15) is 22.5 Å². The minimum Gasteiger partial charge on any atom is -0.340 e. The largest absolute Gasteiger partial charge is 0.340 e. The van der Waals surface area contributed by atoms with Crippen LogP contribution in [0.2, 0.25) is 0 Å². The van der Waals surface area contributed by atoms with Gasteiger partial charge in [-0.2, -0.15) is 5.10 Å². The molecule has 0 saturated heterocycles. The van der Waals surface area contributed by atoms with Gasteiger partial charge in [0.1, 0.15) is 10.7 Å². The third kappa shape index (κ3) is 3.70. The van der Waals surface area contributed by atoms with E-state index in [0.29, 0.717) is 22.9 Å². The molecule has 0 saturated carbocycles. The Hall–Kier alpha value is -2.87. The van der Waals surface area contributed by atoms with Crippen LogP contribution in [0.15, 0.2) is 41.4 Å². The van der Waals surface area contributed by atoms with E-state index in [1.54, 1.807) is 26.0 Å². The Morgan fingerprint density at radius 2 is 1.81 bits per heavy atom. The van der Waals surface area contributed by atoms with Crippen molar-refractivity contribution in [3.63, 3.8) is 0 Å². The van der Waals surface area contributed by atoms with Crippen molar-refractivity contribution < 1.29 is 8.42 Å². The van der Waals surface area contributed by atoms with Crippen molar-refractivity contribution in [1.29, 1.82) is 0 Å².